The van der Waals surface area contributed by atoms with E-state index in [0.717, 1.165) is 6.07 Å². The summed E-state index contributed by atoms with van der Waals surface area (Å²) in [6.07, 6.45) is 1.26. The van der Waals surface area contributed by atoms with Gasteiger partial charge in [0.05, 0.1) is 16.8 Å². The molecule has 2 aromatic carbocycles. The van der Waals surface area contributed by atoms with Crippen molar-refractivity contribution in [3.63, 3.8) is 0 Å². The van der Waals surface area contributed by atoms with E-state index in [4.69, 9.17) is 0 Å². The number of carbonyl (C=O) groups is 2. The molecule has 0 unspecified atom stereocenters. The Morgan fingerprint density at radius 3 is 2.40 bits per heavy atom. The predicted octanol–water partition coefficient (Wildman–Crippen LogP) is 1.63. The summed E-state index contributed by atoms with van der Waals surface area (Å²) in [6.45, 7) is 0. The van der Waals surface area contributed by atoms with Gasteiger partial charge in [-0.15, -0.1) is 0 Å². The Balaban J connectivity index is 1.72. The van der Waals surface area contributed by atoms with Gasteiger partial charge >= 0.3 is 0 Å². The number of benzene rings is 2. The van der Waals surface area contributed by atoms with Gasteiger partial charge in [0, 0.05) is 25.7 Å². The van der Waals surface area contributed by atoms with Crippen LogP contribution in [0.2, 0.25) is 0 Å². The zero-order chi connectivity index (χ0) is 21.8. The van der Waals surface area contributed by atoms with Crippen LogP contribution in [0, 0.1) is 10.1 Å². The van der Waals surface area contributed by atoms with Crippen LogP contribution in [0.1, 0.15) is 20.8 Å². The van der Waals surface area contributed by atoms with Gasteiger partial charge in [-0.1, -0.05) is 18.2 Å². The fourth-order valence-electron chi connectivity index (χ4n) is 2.67. The molecule has 3 rings (SSSR count). The van der Waals surface area contributed by atoms with Crippen LogP contribution in [0.3, 0.4) is 0 Å². The molecule has 3 aromatic rings. The van der Waals surface area contributed by atoms with Gasteiger partial charge in [0.1, 0.15) is 5.69 Å². The number of aromatic nitrogens is 2. The van der Waals surface area contributed by atoms with Crippen molar-refractivity contribution in [1.82, 2.24) is 20.6 Å². The molecule has 1 heterocycles. The number of hydrogen-bond acceptors (Lipinski definition) is 7. The van der Waals surface area contributed by atoms with E-state index in [1.54, 1.807) is 43.3 Å². The van der Waals surface area contributed by atoms with Gasteiger partial charge in [-0.05, 0) is 24.3 Å². The van der Waals surface area contributed by atoms with E-state index in [0.29, 0.717) is 11.4 Å². The van der Waals surface area contributed by atoms with Crippen molar-refractivity contribution in [3.05, 3.63) is 76.1 Å². The third-order valence-corrected chi connectivity index (χ3v) is 4.14. The first-order valence-corrected chi connectivity index (χ1v) is 8.68. The monoisotopic (exact) mass is 410 g/mol. The fraction of sp³-hybridized carbons (Fsp3) is 0.105. The third kappa shape index (κ3) is 4.19. The highest BCUT2D eigenvalue weighted by molar-refractivity contribution is 6.00. The summed E-state index contributed by atoms with van der Waals surface area (Å²) in [5.74, 6) is -2.00. The minimum absolute atomic E-state index is 0.0216. The highest BCUT2D eigenvalue weighted by Crippen LogP contribution is 2.27. The molecule has 0 aliphatic rings. The third-order valence-electron chi connectivity index (χ3n) is 4.14. The number of rotatable bonds is 5. The normalized spacial score (nSPS) is 10.3. The lowest BCUT2D eigenvalue weighted by Crippen LogP contribution is -2.41. The maximum Gasteiger partial charge on any atom is 0.294 e. The first kappa shape index (κ1) is 20.3. The van der Waals surface area contributed by atoms with E-state index in [1.165, 1.54) is 23.0 Å². The van der Waals surface area contributed by atoms with E-state index in [9.17, 15) is 24.8 Å². The Morgan fingerprint density at radius 2 is 1.77 bits per heavy atom. The average molecular weight is 410 g/mol. The van der Waals surface area contributed by atoms with Crippen LogP contribution in [0.15, 0.2) is 54.7 Å². The van der Waals surface area contributed by atoms with Crippen LogP contribution in [-0.4, -0.2) is 45.7 Å². The molecule has 0 saturated carbocycles. The summed E-state index contributed by atoms with van der Waals surface area (Å²) in [6, 6.07) is 12.8. The topological polar surface area (TPSA) is 143 Å². The molecule has 154 valence electrons. The largest absolute Gasteiger partial charge is 0.504 e. The lowest BCUT2D eigenvalue weighted by atomic mass is 10.1. The van der Waals surface area contributed by atoms with Crippen molar-refractivity contribution in [2.75, 3.05) is 19.0 Å². The van der Waals surface area contributed by atoms with Gasteiger partial charge in [0.15, 0.2) is 11.4 Å². The summed E-state index contributed by atoms with van der Waals surface area (Å²) < 4.78 is 1.31. The molecular formula is C19H18N6O5. The molecule has 3 N–H and O–H groups in total. The Hall–Kier alpha value is -4.41. The number of nitrogens with zero attached hydrogens (tertiary/aromatic N) is 4. The number of aromatic hydroxyl groups is 1. The summed E-state index contributed by atoms with van der Waals surface area (Å²) >= 11 is 0. The lowest BCUT2D eigenvalue weighted by Gasteiger charge is -2.13. The Kier molecular flexibility index (Phi) is 5.63. The van der Waals surface area contributed by atoms with Crippen LogP contribution in [0.25, 0.3) is 5.69 Å². The summed E-state index contributed by atoms with van der Waals surface area (Å²) in [4.78, 5) is 36.8. The second-order valence-electron chi connectivity index (χ2n) is 6.41. The molecule has 0 aliphatic carbocycles. The molecule has 0 bridgehead atoms. The van der Waals surface area contributed by atoms with E-state index >= 15 is 0 Å². The van der Waals surface area contributed by atoms with Crippen molar-refractivity contribution in [1.29, 1.82) is 0 Å². The minimum Gasteiger partial charge on any atom is -0.504 e. The van der Waals surface area contributed by atoms with Gasteiger partial charge in [-0.2, -0.15) is 5.10 Å². The smallest absolute Gasteiger partial charge is 0.294 e. The molecular weight excluding hydrogens is 392 g/mol. The van der Waals surface area contributed by atoms with Crippen LogP contribution in [0.5, 0.6) is 5.75 Å². The number of nitro benzene ring substituents is 1. The molecule has 2 amide bonds. The predicted molar refractivity (Wildman–Crippen MR) is 108 cm³/mol. The highest BCUT2D eigenvalue weighted by atomic mass is 16.6. The second-order valence-corrected chi connectivity index (χ2v) is 6.41. The van der Waals surface area contributed by atoms with E-state index in [2.05, 4.69) is 16.0 Å². The number of para-hydroxylation sites is 1. The summed E-state index contributed by atoms with van der Waals surface area (Å²) in [5, 5.41) is 25.2. The van der Waals surface area contributed by atoms with Gasteiger partial charge in [-0.3, -0.25) is 30.6 Å². The van der Waals surface area contributed by atoms with Crippen molar-refractivity contribution < 1.29 is 19.6 Å². The molecule has 0 radical (unpaired) electrons. The van der Waals surface area contributed by atoms with Crippen molar-refractivity contribution in [2.45, 2.75) is 0 Å². The molecule has 0 saturated heterocycles. The fourth-order valence-corrected chi connectivity index (χ4v) is 2.67. The van der Waals surface area contributed by atoms with Gasteiger partial charge in [-0.25, -0.2) is 4.68 Å². The standard InChI is InChI=1S/C19H18N6O5/c1-23(2)14-9-8-12(10-15(14)25(29)30)18(27)20-21-19(28)17-16(26)11-24(22-17)13-6-4-3-5-7-13/h3-11,26H,1-2H3,(H,20,27)(H,21,28). The molecule has 0 fully saturated rings. The zero-order valence-corrected chi connectivity index (χ0v) is 16.1. The molecule has 11 nitrogen and oxygen atoms in total. The molecule has 30 heavy (non-hydrogen) atoms. The Bertz CT molecular complexity index is 1110. The van der Waals surface area contributed by atoms with Crippen molar-refractivity contribution in [2.24, 2.45) is 0 Å². The number of amides is 2. The molecule has 0 atom stereocenters. The Morgan fingerprint density at radius 1 is 1.10 bits per heavy atom. The van der Waals surface area contributed by atoms with E-state index < -0.39 is 16.7 Å². The zero-order valence-electron chi connectivity index (χ0n) is 16.1. The van der Waals surface area contributed by atoms with E-state index in [-0.39, 0.29) is 22.7 Å². The minimum atomic E-state index is -0.852. The average Bonchev–Trinajstić information content (AvgIpc) is 3.13. The van der Waals surface area contributed by atoms with Crippen molar-refractivity contribution in [3.8, 4) is 11.4 Å². The Labute approximate surface area is 170 Å². The van der Waals surface area contributed by atoms with E-state index in [1.807, 2.05) is 6.07 Å². The number of hydrazine groups is 1. The number of nitrogens with one attached hydrogen (secondary N) is 2. The van der Waals surface area contributed by atoms with Crippen LogP contribution in [0.4, 0.5) is 11.4 Å². The first-order valence-electron chi connectivity index (χ1n) is 8.68. The van der Waals surface area contributed by atoms with Gasteiger partial charge in [0.25, 0.3) is 17.5 Å². The number of carbonyl (C=O) groups excluding carboxylic acids is 2. The lowest BCUT2D eigenvalue weighted by molar-refractivity contribution is -0.384. The first-order chi connectivity index (χ1) is 14.3. The van der Waals surface area contributed by atoms with Gasteiger partial charge < -0.3 is 10.0 Å². The SMILES string of the molecule is CN(C)c1ccc(C(=O)NNC(=O)c2nn(-c3ccccc3)cc2O)cc1[N+](=O)[O-]. The molecule has 0 spiro atoms. The summed E-state index contributed by atoms with van der Waals surface area (Å²) in [7, 11) is 3.28. The van der Waals surface area contributed by atoms with Crippen LogP contribution < -0.4 is 15.8 Å². The maximum atomic E-state index is 12.3. The molecule has 11 heteroatoms. The quantitative estimate of drug-likeness (QED) is 0.428. The number of anilines is 1. The number of nitro groups is 1. The molecule has 1 aromatic heterocycles. The van der Waals surface area contributed by atoms with Gasteiger partial charge in [0.2, 0.25) is 0 Å². The van der Waals surface area contributed by atoms with Crippen LogP contribution in [-0.2, 0) is 0 Å². The maximum absolute atomic E-state index is 12.3. The van der Waals surface area contributed by atoms with Crippen LogP contribution >= 0.6 is 0 Å². The van der Waals surface area contributed by atoms with Crippen molar-refractivity contribution >= 4 is 23.2 Å². The number of hydrogen-bond donors (Lipinski definition) is 3. The molecule has 0 aliphatic heterocycles. The highest BCUT2D eigenvalue weighted by Gasteiger charge is 2.21. The second kappa shape index (κ2) is 8.31. The summed E-state index contributed by atoms with van der Waals surface area (Å²) in [5.41, 5.74) is 4.68.